The standard InChI is InChI=1S/C26H26N2O3/c29-25(17-31-24-14-9-19-3-1-2-4-21(19)15-24)28(23-12-13-23)16-18-5-7-20(8-6-18)26(30)27-22-10-11-22/h1-9,14-15,22-23H,10-13,16-17H2,(H,27,30). The van der Waals surface area contributed by atoms with Gasteiger partial charge in [-0.05, 0) is 66.3 Å². The number of nitrogens with zero attached hydrogens (tertiary/aromatic N) is 1. The second-order valence-electron chi connectivity index (χ2n) is 8.50. The lowest BCUT2D eigenvalue weighted by Crippen LogP contribution is -2.36. The van der Waals surface area contributed by atoms with E-state index in [-0.39, 0.29) is 24.5 Å². The fourth-order valence-electron chi connectivity index (χ4n) is 3.75. The van der Waals surface area contributed by atoms with Gasteiger partial charge < -0.3 is 15.0 Å². The predicted octanol–water partition coefficient (Wildman–Crippen LogP) is 4.30. The van der Waals surface area contributed by atoms with Crippen LogP contribution in [-0.2, 0) is 11.3 Å². The van der Waals surface area contributed by atoms with Gasteiger partial charge in [0.2, 0.25) is 0 Å². The second kappa shape index (κ2) is 8.42. The summed E-state index contributed by atoms with van der Waals surface area (Å²) in [6.07, 6.45) is 4.21. The molecule has 0 aromatic heterocycles. The summed E-state index contributed by atoms with van der Waals surface area (Å²) in [7, 11) is 0. The molecule has 2 aliphatic rings. The molecule has 1 N–H and O–H groups in total. The maximum Gasteiger partial charge on any atom is 0.261 e. The Labute approximate surface area is 182 Å². The third-order valence-corrected chi connectivity index (χ3v) is 5.87. The van der Waals surface area contributed by atoms with E-state index < -0.39 is 0 Å². The number of amides is 2. The number of nitrogens with one attached hydrogen (secondary N) is 1. The van der Waals surface area contributed by atoms with Crippen molar-refractivity contribution in [3.05, 3.63) is 77.9 Å². The molecule has 0 saturated heterocycles. The first-order valence-electron chi connectivity index (χ1n) is 11.0. The lowest BCUT2D eigenvalue weighted by atomic mass is 10.1. The van der Waals surface area contributed by atoms with Gasteiger partial charge in [0.05, 0.1) is 0 Å². The van der Waals surface area contributed by atoms with Gasteiger partial charge in [0.1, 0.15) is 5.75 Å². The Balaban J connectivity index is 1.20. The fraction of sp³-hybridized carbons (Fsp3) is 0.308. The van der Waals surface area contributed by atoms with Gasteiger partial charge in [-0.15, -0.1) is 0 Å². The molecule has 2 saturated carbocycles. The SMILES string of the molecule is O=C(NC1CC1)c1ccc(CN(C(=O)COc2ccc3ccccc3c2)C2CC2)cc1. The maximum atomic E-state index is 12.9. The second-order valence-corrected chi connectivity index (χ2v) is 8.50. The maximum absolute atomic E-state index is 12.9. The summed E-state index contributed by atoms with van der Waals surface area (Å²) in [6.45, 7) is 0.561. The molecule has 5 nitrogen and oxygen atoms in total. The third-order valence-electron chi connectivity index (χ3n) is 5.87. The van der Waals surface area contributed by atoms with E-state index in [4.69, 9.17) is 4.74 Å². The Morgan fingerprint density at radius 1 is 0.903 bits per heavy atom. The average Bonchev–Trinajstić information content (AvgIpc) is 3.71. The van der Waals surface area contributed by atoms with Crippen molar-refractivity contribution in [2.75, 3.05) is 6.61 Å². The molecule has 0 spiro atoms. The van der Waals surface area contributed by atoms with Crippen molar-refractivity contribution in [2.24, 2.45) is 0 Å². The van der Waals surface area contributed by atoms with Crippen LogP contribution >= 0.6 is 0 Å². The van der Waals surface area contributed by atoms with Crippen molar-refractivity contribution in [3.8, 4) is 5.75 Å². The Bertz CT molecular complexity index is 1100. The van der Waals surface area contributed by atoms with Crippen LogP contribution in [0.1, 0.15) is 41.6 Å². The van der Waals surface area contributed by atoms with Gasteiger partial charge in [0.25, 0.3) is 11.8 Å². The van der Waals surface area contributed by atoms with E-state index in [1.165, 1.54) is 0 Å². The van der Waals surface area contributed by atoms with Crippen LogP contribution in [0.5, 0.6) is 5.75 Å². The summed E-state index contributed by atoms with van der Waals surface area (Å²) in [4.78, 5) is 27.0. The number of fused-ring (bicyclic) bond motifs is 1. The van der Waals surface area contributed by atoms with Crippen LogP contribution in [0.15, 0.2) is 66.7 Å². The molecule has 0 aliphatic heterocycles. The fourth-order valence-corrected chi connectivity index (χ4v) is 3.75. The van der Waals surface area contributed by atoms with Crippen molar-refractivity contribution in [2.45, 2.75) is 44.3 Å². The van der Waals surface area contributed by atoms with Crippen LogP contribution in [-0.4, -0.2) is 35.4 Å². The minimum absolute atomic E-state index is 0.00814. The van der Waals surface area contributed by atoms with Crippen LogP contribution in [0, 0.1) is 0 Å². The van der Waals surface area contributed by atoms with Crippen molar-refractivity contribution in [1.29, 1.82) is 0 Å². The Morgan fingerprint density at radius 2 is 1.65 bits per heavy atom. The monoisotopic (exact) mass is 414 g/mol. The largest absolute Gasteiger partial charge is 0.484 e. The van der Waals surface area contributed by atoms with Gasteiger partial charge in [-0.25, -0.2) is 0 Å². The highest BCUT2D eigenvalue weighted by molar-refractivity contribution is 5.94. The van der Waals surface area contributed by atoms with Crippen LogP contribution in [0.25, 0.3) is 10.8 Å². The van der Waals surface area contributed by atoms with E-state index in [0.717, 1.165) is 42.0 Å². The highest BCUT2D eigenvalue weighted by atomic mass is 16.5. The lowest BCUT2D eigenvalue weighted by Gasteiger charge is -2.23. The van der Waals surface area contributed by atoms with E-state index >= 15 is 0 Å². The predicted molar refractivity (Wildman–Crippen MR) is 120 cm³/mol. The first-order valence-corrected chi connectivity index (χ1v) is 11.0. The van der Waals surface area contributed by atoms with E-state index in [0.29, 0.717) is 23.9 Å². The topological polar surface area (TPSA) is 58.6 Å². The molecule has 3 aromatic rings. The van der Waals surface area contributed by atoms with Gasteiger partial charge in [0, 0.05) is 24.2 Å². The molecule has 5 heteroatoms. The van der Waals surface area contributed by atoms with Crippen LogP contribution in [0.3, 0.4) is 0 Å². The molecule has 2 amide bonds. The van der Waals surface area contributed by atoms with Crippen LogP contribution in [0.2, 0.25) is 0 Å². The van der Waals surface area contributed by atoms with Crippen molar-refractivity contribution >= 4 is 22.6 Å². The third kappa shape index (κ3) is 4.88. The van der Waals surface area contributed by atoms with E-state index in [1.807, 2.05) is 65.6 Å². The molecule has 0 unspecified atom stereocenters. The van der Waals surface area contributed by atoms with E-state index in [9.17, 15) is 9.59 Å². The van der Waals surface area contributed by atoms with Gasteiger partial charge in [-0.3, -0.25) is 9.59 Å². The average molecular weight is 415 g/mol. The molecule has 2 aliphatic carbocycles. The summed E-state index contributed by atoms with van der Waals surface area (Å²) in [5.41, 5.74) is 1.69. The summed E-state index contributed by atoms with van der Waals surface area (Å²) in [5, 5.41) is 5.24. The van der Waals surface area contributed by atoms with Gasteiger partial charge in [0.15, 0.2) is 6.61 Å². The lowest BCUT2D eigenvalue weighted by molar-refractivity contribution is -0.134. The first-order chi connectivity index (χ1) is 15.2. The van der Waals surface area contributed by atoms with Gasteiger partial charge in [-0.2, -0.15) is 0 Å². The Kier molecular flexibility index (Phi) is 5.33. The molecule has 158 valence electrons. The minimum Gasteiger partial charge on any atom is -0.484 e. The zero-order valence-corrected chi connectivity index (χ0v) is 17.4. The summed E-state index contributed by atoms with van der Waals surface area (Å²) < 4.78 is 5.82. The smallest absolute Gasteiger partial charge is 0.261 e. The number of hydrogen-bond donors (Lipinski definition) is 1. The summed E-state index contributed by atoms with van der Waals surface area (Å²) >= 11 is 0. The molecule has 0 bridgehead atoms. The number of carbonyl (C=O) groups is 2. The Morgan fingerprint density at radius 3 is 2.35 bits per heavy atom. The number of hydrogen-bond acceptors (Lipinski definition) is 3. The normalized spacial score (nSPS) is 15.5. The number of rotatable bonds is 8. The molecular weight excluding hydrogens is 388 g/mol. The van der Waals surface area contributed by atoms with E-state index in [2.05, 4.69) is 11.4 Å². The molecule has 3 aromatic carbocycles. The zero-order valence-electron chi connectivity index (χ0n) is 17.4. The molecule has 2 fully saturated rings. The highest BCUT2D eigenvalue weighted by Crippen LogP contribution is 2.29. The number of carbonyl (C=O) groups excluding carboxylic acids is 2. The summed E-state index contributed by atoms with van der Waals surface area (Å²) in [5.74, 6) is 0.674. The zero-order chi connectivity index (χ0) is 21.2. The molecular formula is C26H26N2O3. The minimum atomic E-state index is -0.0204. The molecule has 31 heavy (non-hydrogen) atoms. The number of ether oxygens (including phenoxy) is 1. The van der Waals surface area contributed by atoms with Gasteiger partial charge >= 0.3 is 0 Å². The van der Waals surface area contributed by atoms with Crippen molar-refractivity contribution in [1.82, 2.24) is 10.2 Å². The highest BCUT2D eigenvalue weighted by Gasteiger charge is 2.32. The number of benzene rings is 3. The van der Waals surface area contributed by atoms with Crippen molar-refractivity contribution < 1.29 is 14.3 Å². The quantitative estimate of drug-likeness (QED) is 0.598. The molecule has 0 heterocycles. The van der Waals surface area contributed by atoms with Gasteiger partial charge in [-0.1, -0.05) is 42.5 Å². The summed E-state index contributed by atoms with van der Waals surface area (Å²) in [6, 6.07) is 22.2. The molecule has 0 radical (unpaired) electrons. The molecule has 5 rings (SSSR count). The Hall–Kier alpha value is -3.34. The first kappa shape index (κ1) is 19.6. The van der Waals surface area contributed by atoms with Crippen LogP contribution < -0.4 is 10.1 Å². The molecule has 0 atom stereocenters. The van der Waals surface area contributed by atoms with E-state index in [1.54, 1.807) is 0 Å². The van der Waals surface area contributed by atoms with Crippen molar-refractivity contribution in [3.63, 3.8) is 0 Å². The van der Waals surface area contributed by atoms with Crippen LogP contribution in [0.4, 0.5) is 0 Å².